The molecule has 0 fully saturated rings. The van der Waals surface area contributed by atoms with Gasteiger partial charge in [-0.05, 0) is 44.4 Å². The molecule has 0 spiro atoms. The first-order chi connectivity index (χ1) is 14.7. The largest absolute Gasteiger partial charge is 0.493 e. The van der Waals surface area contributed by atoms with Crippen molar-refractivity contribution in [2.75, 3.05) is 13.2 Å². The van der Waals surface area contributed by atoms with Crippen LogP contribution in [-0.2, 0) is 14.3 Å². The molecular formula is C27H50O4. The zero-order valence-electron chi connectivity index (χ0n) is 22.3. The highest BCUT2D eigenvalue weighted by molar-refractivity contribution is 5.88. The second-order valence-corrected chi connectivity index (χ2v) is 7.47. The van der Waals surface area contributed by atoms with Crippen molar-refractivity contribution in [3.63, 3.8) is 0 Å². The number of hydrogen-bond donors (Lipinski definition) is 0. The van der Waals surface area contributed by atoms with E-state index in [1.807, 2.05) is 27.7 Å². The van der Waals surface area contributed by atoms with Crippen molar-refractivity contribution in [2.24, 2.45) is 5.41 Å². The third-order valence-electron chi connectivity index (χ3n) is 4.32. The van der Waals surface area contributed by atoms with Gasteiger partial charge in [0.15, 0.2) is 0 Å². The average molecular weight is 439 g/mol. The number of benzene rings is 1. The first-order valence-electron chi connectivity index (χ1n) is 12.1. The number of aryl methyl sites for hydroxylation is 2. The Bertz CT molecular complexity index is 577. The van der Waals surface area contributed by atoms with Crippen LogP contribution in [0.1, 0.15) is 106 Å². The molecule has 0 saturated heterocycles. The highest BCUT2D eigenvalue weighted by Gasteiger charge is 2.29. The molecule has 4 nitrogen and oxygen atoms in total. The van der Waals surface area contributed by atoms with Gasteiger partial charge in [-0.2, -0.15) is 0 Å². The van der Waals surface area contributed by atoms with Crippen molar-refractivity contribution in [1.82, 2.24) is 0 Å². The van der Waals surface area contributed by atoms with Crippen LogP contribution in [0.25, 0.3) is 0 Å². The van der Waals surface area contributed by atoms with Gasteiger partial charge in [-0.3, -0.25) is 9.59 Å². The Hall–Kier alpha value is -1.84. The van der Waals surface area contributed by atoms with E-state index in [-0.39, 0.29) is 18.2 Å². The normalized spacial score (nSPS) is 9.65. The van der Waals surface area contributed by atoms with Crippen LogP contribution in [-0.4, -0.2) is 25.0 Å². The molecule has 0 heterocycles. The van der Waals surface area contributed by atoms with Gasteiger partial charge in [0, 0.05) is 11.8 Å². The van der Waals surface area contributed by atoms with Gasteiger partial charge in [0.1, 0.15) is 11.5 Å². The van der Waals surface area contributed by atoms with E-state index in [0.29, 0.717) is 13.0 Å². The van der Waals surface area contributed by atoms with Gasteiger partial charge in [-0.25, -0.2) is 0 Å². The Balaban J connectivity index is -0.000000437. The summed E-state index contributed by atoms with van der Waals surface area (Å²) < 4.78 is 10.5. The van der Waals surface area contributed by atoms with Gasteiger partial charge >= 0.3 is 5.97 Å². The number of ether oxygens (including phenoxy) is 2. The molecule has 0 radical (unpaired) electrons. The molecule has 1 aromatic carbocycles. The van der Waals surface area contributed by atoms with E-state index in [4.69, 9.17) is 9.47 Å². The minimum absolute atomic E-state index is 0.0977. The fraction of sp³-hybridized carbons (Fsp3) is 0.704. The molecule has 0 aromatic heterocycles. The quantitative estimate of drug-likeness (QED) is 0.275. The van der Waals surface area contributed by atoms with Crippen LogP contribution in [0.2, 0.25) is 0 Å². The predicted octanol–water partition coefficient (Wildman–Crippen LogP) is 7.87. The molecule has 0 saturated carbocycles. The van der Waals surface area contributed by atoms with Crippen LogP contribution in [0.4, 0.5) is 0 Å². The average Bonchev–Trinajstić information content (AvgIpc) is 2.76. The molecule has 0 bridgehead atoms. The maximum atomic E-state index is 11.4. The second kappa shape index (κ2) is 21.4. The number of esters is 1. The molecular weight excluding hydrogens is 388 g/mol. The first-order valence-corrected chi connectivity index (χ1v) is 12.1. The Morgan fingerprint density at radius 1 is 0.935 bits per heavy atom. The van der Waals surface area contributed by atoms with Crippen molar-refractivity contribution >= 4 is 11.8 Å². The molecule has 0 atom stereocenters. The highest BCUT2D eigenvalue weighted by Crippen LogP contribution is 2.23. The number of carbonyl (C=O) groups is 2. The summed E-state index contributed by atoms with van der Waals surface area (Å²) >= 11 is 0. The third kappa shape index (κ3) is 17.5. The lowest BCUT2D eigenvalue weighted by molar-refractivity contribution is -0.148. The molecule has 1 aromatic rings. The van der Waals surface area contributed by atoms with E-state index >= 15 is 0 Å². The van der Waals surface area contributed by atoms with Crippen LogP contribution in [0.15, 0.2) is 18.2 Å². The van der Waals surface area contributed by atoms with Crippen LogP contribution >= 0.6 is 0 Å². The summed E-state index contributed by atoms with van der Waals surface area (Å²) in [5, 5.41) is 0. The zero-order valence-corrected chi connectivity index (χ0v) is 22.3. The lowest BCUT2D eigenvalue weighted by atomic mass is 9.83. The molecule has 0 aliphatic carbocycles. The Morgan fingerprint density at radius 2 is 1.52 bits per heavy atom. The molecule has 182 valence electrons. The SMILES string of the molecule is CC.CC.CCCCCOc1cc(C)ccc1C.CCOC(=O)CC(C)(C)C(=O)CC. The van der Waals surface area contributed by atoms with Crippen LogP contribution < -0.4 is 4.74 Å². The molecule has 0 unspecified atom stereocenters. The monoisotopic (exact) mass is 438 g/mol. The van der Waals surface area contributed by atoms with Crippen molar-refractivity contribution in [1.29, 1.82) is 0 Å². The summed E-state index contributed by atoms with van der Waals surface area (Å²) in [6, 6.07) is 6.35. The molecule has 0 aliphatic heterocycles. The van der Waals surface area contributed by atoms with Gasteiger partial charge in [0.2, 0.25) is 0 Å². The highest BCUT2D eigenvalue weighted by atomic mass is 16.5. The number of carbonyl (C=O) groups excluding carboxylic acids is 2. The summed E-state index contributed by atoms with van der Waals surface area (Å²) in [5.74, 6) is 0.843. The van der Waals surface area contributed by atoms with Gasteiger partial charge in [0.25, 0.3) is 0 Å². The third-order valence-corrected chi connectivity index (χ3v) is 4.32. The van der Waals surface area contributed by atoms with Crippen LogP contribution in [0, 0.1) is 19.3 Å². The van der Waals surface area contributed by atoms with Crippen molar-refractivity contribution in [3.8, 4) is 5.75 Å². The van der Waals surface area contributed by atoms with E-state index in [2.05, 4.69) is 39.0 Å². The summed E-state index contributed by atoms with van der Waals surface area (Å²) in [7, 11) is 0. The molecule has 4 heteroatoms. The van der Waals surface area contributed by atoms with Gasteiger partial charge < -0.3 is 9.47 Å². The van der Waals surface area contributed by atoms with Crippen molar-refractivity contribution in [2.45, 2.75) is 108 Å². The molecule has 31 heavy (non-hydrogen) atoms. The van der Waals surface area contributed by atoms with Gasteiger partial charge in [-0.15, -0.1) is 0 Å². The van der Waals surface area contributed by atoms with Gasteiger partial charge in [0.05, 0.1) is 19.6 Å². The van der Waals surface area contributed by atoms with Crippen LogP contribution in [0.3, 0.4) is 0 Å². The van der Waals surface area contributed by atoms with Crippen molar-refractivity contribution < 1.29 is 19.1 Å². The first kappa shape index (κ1) is 33.8. The smallest absolute Gasteiger partial charge is 0.306 e. The van der Waals surface area contributed by atoms with E-state index < -0.39 is 5.41 Å². The van der Waals surface area contributed by atoms with E-state index in [1.54, 1.807) is 27.7 Å². The minimum atomic E-state index is -0.582. The standard InChI is InChI=1S/C13H20O.C10H18O3.2C2H6/c1-4-5-6-9-14-13-10-11(2)7-8-12(13)3;1-5-8(11)10(3,4)7-9(12)13-6-2;2*1-2/h7-8,10H,4-6,9H2,1-3H3;5-7H2,1-4H3;2*1-2H3. The Labute approximate surface area is 193 Å². The fourth-order valence-corrected chi connectivity index (χ4v) is 2.55. The van der Waals surface area contributed by atoms with Gasteiger partial charge in [-0.1, -0.05) is 80.4 Å². The minimum Gasteiger partial charge on any atom is -0.493 e. The number of hydrogen-bond acceptors (Lipinski definition) is 4. The molecule has 0 amide bonds. The van der Waals surface area contributed by atoms with E-state index in [9.17, 15) is 9.59 Å². The molecule has 0 aliphatic rings. The number of ketones is 1. The van der Waals surface area contributed by atoms with Crippen LogP contribution in [0.5, 0.6) is 5.75 Å². The second-order valence-electron chi connectivity index (χ2n) is 7.47. The summed E-state index contributed by atoms with van der Waals surface area (Å²) in [6.45, 7) is 22.7. The molecule has 0 N–H and O–H groups in total. The maximum absolute atomic E-state index is 11.4. The van der Waals surface area contributed by atoms with Crippen molar-refractivity contribution in [3.05, 3.63) is 29.3 Å². The predicted molar refractivity (Wildman–Crippen MR) is 134 cm³/mol. The fourth-order valence-electron chi connectivity index (χ4n) is 2.55. The summed E-state index contributed by atoms with van der Waals surface area (Å²) in [5.41, 5.74) is 1.91. The maximum Gasteiger partial charge on any atom is 0.306 e. The topological polar surface area (TPSA) is 52.6 Å². The summed E-state index contributed by atoms with van der Waals surface area (Å²) in [4.78, 5) is 22.5. The molecule has 1 rings (SSSR count). The lowest BCUT2D eigenvalue weighted by Gasteiger charge is -2.20. The van der Waals surface area contributed by atoms with E-state index in [0.717, 1.165) is 18.8 Å². The van der Waals surface area contributed by atoms with E-state index in [1.165, 1.54) is 24.0 Å². The number of rotatable bonds is 10. The summed E-state index contributed by atoms with van der Waals surface area (Å²) in [6.07, 6.45) is 4.30. The number of unbranched alkanes of at least 4 members (excludes halogenated alkanes) is 2. The lowest BCUT2D eigenvalue weighted by Crippen LogP contribution is -2.27. The zero-order chi connectivity index (χ0) is 24.9. The Kier molecular flexibility index (Phi) is 23.3. The number of Topliss-reactive ketones (excluding diaryl/α,β-unsaturated/α-hetero) is 1. The Morgan fingerprint density at radius 3 is 2.00 bits per heavy atom.